The molecule has 1 amide bonds. The molecule has 0 unspecified atom stereocenters. The predicted octanol–water partition coefficient (Wildman–Crippen LogP) is 6.32. The fourth-order valence-electron chi connectivity index (χ4n) is 4.73. The minimum atomic E-state index is 0.0568. The summed E-state index contributed by atoms with van der Waals surface area (Å²) in [5.74, 6) is 1.70. The number of aryl methyl sites for hydroxylation is 4. The van der Waals surface area contributed by atoms with Gasteiger partial charge >= 0.3 is 0 Å². The van der Waals surface area contributed by atoms with Gasteiger partial charge in [-0.05, 0) is 87.2 Å². The van der Waals surface area contributed by atoms with Gasteiger partial charge in [0.2, 0.25) is 0 Å². The van der Waals surface area contributed by atoms with Gasteiger partial charge in [-0.15, -0.1) is 0 Å². The minimum Gasteiger partial charge on any atom is -0.497 e. The molecule has 0 radical (unpaired) electrons. The van der Waals surface area contributed by atoms with Crippen LogP contribution in [-0.4, -0.2) is 34.0 Å². The molecule has 0 spiro atoms. The van der Waals surface area contributed by atoms with E-state index in [0.29, 0.717) is 13.1 Å². The normalized spacial score (nSPS) is 11.1. The van der Waals surface area contributed by atoms with Gasteiger partial charge in [0.1, 0.15) is 11.6 Å². The number of imidazole rings is 1. The van der Waals surface area contributed by atoms with Crippen molar-refractivity contribution in [3.05, 3.63) is 88.2 Å². The minimum absolute atomic E-state index is 0.0568. The molecule has 0 N–H and O–H groups in total. The van der Waals surface area contributed by atoms with E-state index in [9.17, 15) is 4.79 Å². The second-order valence-electron chi connectivity index (χ2n) is 9.05. The SMILES string of the molecule is CCCN(Cc1nc2cc(C)ccc2n1-c1ccc(OC)cc1)C(=O)c1c(C)cc(C)cc1C. The fourth-order valence-corrected chi connectivity index (χ4v) is 4.73. The molecule has 176 valence electrons. The van der Waals surface area contributed by atoms with Crippen molar-refractivity contribution in [3.63, 3.8) is 0 Å². The average molecular weight is 456 g/mol. The lowest BCUT2D eigenvalue weighted by molar-refractivity contribution is 0.0737. The van der Waals surface area contributed by atoms with Gasteiger partial charge in [0.25, 0.3) is 5.91 Å². The number of carbonyl (C=O) groups excluding carboxylic acids is 1. The molecule has 34 heavy (non-hydrogen) atoms. The summed E-state index contributed by atoms with van der Waals surface area (Å²) in [6.07, 6.45) is 0.873. The molecule has 0 aliphatic carbocycles. The Morgan fingerprint density at radius 1 is 0.941 bits per heavy atom. The van der Waals surface area contributed by atoms with E-state index in [2.05, 4.69) is 55.7 Å². The Morgan fingerprint density at radius 3 is 2.24 bits per heavy atom. The molecular weight excluding hydrogens is 422 g/mol. The van der Waals surface area contributed by atoms with E-state index < -0.39 is 0 Å². The highest BCUT2D eigenvalue weighted by molar-refractivity contribution is 5.97. The summed E-state index contributed by atoms with van der Waals surface area (Å²) in [5, 5.41) is 0. The molecule has 5 heteroatoms. The zero-order chi connectivity index (χ0) is 24.4. The number of fused-ring (bicyclic) bond motifs is 1. The van der Waals surface area contributed by atoms with Gasteiger partial charge in [-0.25, -0.2) is 4.98 Å². The highest BCUT2D eigenvalue weighted by Crippen LogP contribution is 2.26. The first-order valence-corrected chi connectivity index (χ1v) is 11.8. The molecule has 1 heterocycles. The van der Waals surface area contributed by atoms with Crippen LogP contribution < -0.4 is 4.74 Å². The summed E-state index contributed by atoms with van der Waals surface area (Å²) in [5.41, 5.74) is 8.10. The Balaban J connectivity index is 1.80. The number of ether oxygens (including phenoxy) is 1. The van der Waals surface area contributed by atoms with Crippen LogP contribution in [0.25, 0.3) is 16.7 Å². The molecule has 3 aromatic carbocycles. The van der Waals surface area contributed by atoms with Crippen LogP contribution in [-0.2, 0) is 6.54 Å². The first-order valence-electron chi connectivity index (χ1n) is 11.8. The van der Waals surface area contributed by atoms with Crippen LogP contribution in [0, 0.1) is 27.7 Å². The largest absolute Gasteiger partial charge is 0.497 e. The van der Waals surface area contributed by atoms with Gasteiger partial charge in [0, 0.05) is 17.8 Å². The third kappa shape index (κ3) is 4.56. The van der Waals surface area contributed by atoms with E-state index in [0.717, 1.165) is 57.0 Å². The van der Waals surface area contributed by atoms with Crippen LogP contribution in [0.15, 0.2) is 54.6 Å². The summed E-state index contributed by atoms with van der Waals surface area (Å²) in [6, 6.07) is 18.4. The van der Waals surface area contributed by atoms with E-state index in [-0.39, 0.29) is 5.91 Å². The Bertz CT molecular complexity index is 1310. The quantitative estimate of drug-likeness (QED) is 0.328. The lowest BCUT2D eigenvalue weighted by Crippen LogP contribution is -2.33. The molecule has 0 saturated carbocycles. The van der Waals surface area contributed by atoms with Crippen LogP contribution >= 0.6 is 0 Å². The van der Waals surface area contributed by atoms with Crippen molar-refractivity contribution in [2.24, 2.45) is 0 Å². The van der Waals surface area contributed by atoms with Gasteiger partial charge < -0.3 is 9.64 Å². The van der Waals surface area contributed by atoms with Crippen LogP contribution in [0.4, 0.5) is 0 Å². The Labute approximate surface area is 202 Å². The van der Waals surface area contributed by atoms with E-state index in [1.54, 1.807) is 7.11 Å². The molecule has 0 saturated heterocycles. The maximum atomic E-state index is 13.8. The van der Waals surface area contributed by atoms with Gasteiger partial charge in [-0.1, -0.05) is 30.7 Å². The molecule has 4 aromatic rings. The second kappa shape index (κ2) is 9.72. The van der Waals surface area contributed by atoms with Crippen molar-refractivity contribution < 1.29 is 9.53 Å². The fraction of sp³-hybridized carbons (Fsp3) is 0.310. The van der Waals surface area contributed by atoms with Crippen molar-refractivity contribution in [3.8, 4) is 11.4 Å². The number of nitrogens with zero attached hydrogens (tertiary/aromatic N) is 3. The summed E-state index contributed by atoms with van der Waals surface area (Å²) < 4.78 is 7.50. The van der Waals surface area contributed by atoms with Crippen LogP contribution in [0.5, 0.6) is 5.75 Å². The molecule has 1 aromatic heterocycles. The summed E-state index contributed by atoms with van der Waals surface area (Å²) in [4.78, 5) is 20.7. The predicted molar refractivity (Wildman–Crippen MR) is 138 cm³/mol. The lowest BCUT2D eigenvalue weighted by Gasteiger charge is -2.24. The Morgan fingerprint density at radius 2 is 1.62 bits per heavy atom. The van der Waals surface area contributed by atoms with E-state index in [1.807, 2.05) is 43.0 Å². The van der Waals surface area contributed by atoms with Crippen molar-refractivity contribution in [1.29, 1.82) is 0 Å². The second-order valence-corrected chi connectivity index (χ2v) is 9.05. The average Bonchev–Trinajstić information content (AvgIpc) is 3.15. The van der Waals surface area contributed by atoms with Crippen molar-refractivity contribution in [2.45, 2.75) is 47.6 Å². The highest BCUT2D eigenvalue weighted by atomic mass is 16.5. The van der Waals surface area contributed by atoms with Crippen LogP contribution in [0.3, 0.4) is 0 Å². The summed E-state index contributed by atoms with van der Waals surface area (Å²) in [7, 11) is 1.67. The highest BCUT2D eigenvalue weighted by Gasteiger charge is 2.23. The van der Waals surface area contributed by atoms with Crippen LogP contribution in [0.1, 0.15) is 51.8 Å². The molecule has 0 aliphatic rings. The summed E-state index contributed by atoms with van der Waals surface area (Å²) >= 11 is 0. The molecule has 0 atom stereocenters. The maximum Gasteiger partial charge on any atom is 0.254 e. The molecule has 0 fully saturated rings. The van der Waals surface area contributed by atoms with E-state index >= 15 is 0 Å². The molecular formula is C29H33N3O2. The number of hydrogen-bond donors (Lipinski definition) is 0. The number of benzene rings is 3. The van der Waals surface area contributed by atoms with Gasteiger partial charge in [0.05, 0.1) is 24.7 Å². The molecule has 0 aliphatic heterocycles. The van der Waals surface area contributed by atoms with Gasteiger partial charge in [0.15, 0.2) is 0 Å². The number of hydrogen-bond acceptors (Lipinski definition) is 3. The zero-order valence-corrected chi connectivity index (χ0v) is 21.0. The molecule has 0 bridgehead atoms. The Kier molecular flexibility index (Phi) is 6.73. The summed E-state index contributed by atoms with van der Waals surface area (Å²) in [6.45, 7) is 11.4. The first-order chi connectivity index (χ1) is 16.3. The van der Waals surface area contributed by atoms with Crippen molar-refractivity contribution in [2.75, 3.05) is 13.7 Å². The zero-order valence-electron chi connectivity index (χ0n) is 21.0. The number of methoxy groups -OCH3 is 1. The Hall–Kier alpha value is -3.60. The number of amides is 1. The number of rotatable bonds is 7. The van der Waals surface area contributed by atoms with Crippen LogP contribution in [0.2, 0.25) is 0 Å². The number of carbonyl (C=O) groups is 1. The standard InChI is InChI=1S/C29H33N3O2/c1-7-14-31(29(33)28-21(4)15-20(3)16-22(28)5)18-27-30-25-17-19(2)8-13-26(25)32(27)23-9-11-24(34-6)12-10-23/h8-13,15-17H,7,14,18H2,1-6H3. The molecule has 5 nitrogen and oxygen atoms in total. The molecule has 4 rings (SSSR count). The third-order valence-electron chi connectivity index (χ3n) is 6.21. The van der Waals surface area contributed by atoms with Crippen molar-refractivity contribution in [1.82, 2.24) is 14.5 Å². The van der Waals surface area contributed by atoms with E-state index in [4.69, 9.17) is 9.72 Å². The van der Waals surface area contributed by atoms with Gasteiger partial charge in [-0.3, -0.25) is 9.36 Å². The van der Waals surface area contributed by atoms with Crippen molar-refractivity contribution >= 4 is 16.9 Å². The van der Waals surface area contributed by atoms with E-state index in [1.165, 1.54) is 5.56 Å². The number of aromatic nitrogens is 2. The smallest absolute Gasteiger partial charge is 0.254 e. The third-order valence-corrected chi connectivity index (χ3v) is 6.21. The first kappa shape index (κ1) is 23.6. The monoisotopic (exact) mass is 455 g/mol. The maximum absolute atomic E-state index is 13.8. The topological polar surface area (TPSA) is 47.4 Å². The van der Waals surface area contributed by atoms with Gasteiger partial charge in [-0.2, -0.15) is 0 Å². The lowest BCUT2D eigenvalue weighted by atomic mass is 9.98.